The highest BCUT2D eigenvalue weighted by Crippen LogP contribution is 2.49. The summed E-state index contributed by atoms with van der Waals surface area (Å²) >= 11 is 0. The van der Waals surface area contributed by atoms with Gasteiger partial charge in [0.25, 0.3) is 0 Å². The number of para-hydroxylation sites is 3. The number of rotatable bonds is 3. The highest BCUT2D eigenvalue weighted by molar-refractivity contribution is 6.27. The van der Waals surface area contributed by atoms with Crippen LogP contribution in [0, 0.1) is 0 Å². The Morgan fingerprint density at radius 1 is 0.264 bits per heavy atom. The van der Waals surface area contributed by atoms with Crippen LogP contribution in [0.2, 0.25) is 0 Å². The Balaban J connectivity index is 1.14. The summed E-state index contributed by atoms with van der Waals surface area (Å²) in [5.74, 6) is 0. The maximum Gasteiger partial charge on any atom is 0.143 e. The molecule has 0 aliphatic rings. The van der Waals surface area contributed by atoms with Crippen molar-refractivity contribution >= 4 is 87.4 Å². The van der Waals surface area contributed by atoms with Gasteiger partial charge in [-0.15, -0.1) is 0 Å². The molecule has 0 fully saturated rings. The molecule has 3 nitrogen and oxygen atoms in total. The first-order valence-corrected chi connectivity index (χ1v) is 18.0. The highest BCUT2D eigenvalue weighted by Gasteiger charge is 2.23. The largest absolute Gasteiger partial charge is 0.456 e. The second-order valence-electron chi connectivity index (χ2n) is 13.9. The maximum atomic E-state index is 6.81. The van der Waals surface area contributed by atoms with E-state index in [-0.39, 0.29) is 0 Å². The molecule has 0 unspecified atom stereocenters. The molecular formula is C50H28O3. The minimum Gasteiger partial charge on any atom is -0.456 e. The van der Waals surface area contributed by atoms with Gasteiger partial charge in [0.1, 0.15) is 33.5 Å². The molecule has 3 heteroatoms. The van der Waals surface area contributed by atoms with E-state index in [9.17, 15) is 0 Å². The Bertz CT molecular complexity index is 3410. The van der Waals surface area contributed by atoms with Crippen LogP contribution in [-0.2, 0) is 0 Å². The molecule has 53 heavy (non-hydrogen) atoms. The van der Waals surface area contributed by atoms with Gasteiger partial charge >= 0.3 is 0 Å². The molecule has 0 saturated heterocycles. The first-order chi connectivity index (χ1) is 26.3. The second kappa shape index (κ2) is 10.7. The standard InChI is InChI=1S/C50H28O3/c1-3-15-38-36(13-1)47(30-22-24-35-33-12-6-9-19-43(33)52-46(35)28-30)37-14-2-4-16-39(37)48(38)41-26-25-31(50-49(41)40-17-7-10-20-44(40)53-50)29-21-23-34-32-11-5-8-18-42(32)51-45(34)27-29/h1-28H. The molecule has 0 atom stereocenters. The molecule has 0 aliphatic heterocycles. The fourth-order valence-electron chi connectivity index (χ4n) is 8.77. The van der Waals surface area contributed by atoms with Crippen LogP contribution in [0.1, 0.15) is 0 Å². The quantitative estimate of drug-likeness (QED) is 0.175. The fourth-order valence-corrected chi connectivity index (χ4v) is 8.77. The molecule has 0 aliphatic carbocycles. The van der Waals surface area contributed by atoms with Gasteiger partial charge in [-0.25, -0.2) is 0 Å². The summed E-state index contributed by atoms with van der Waals surface area (Å²) in [7, 11) is 0. The van der Waals surface area contributed by atoms with Gasteiger partial charge in [0.05, 0.1) is 0 Å². The van der Waals surface area contributed by atoms with Crippen LogP contribution in [0.25, 0.3) is 121 Å². The molecule has 0 radical (unpaired) electrons. The number of benzene rings is 9. The molecule has 12 rings (SSSR count). The zero-order valence-corrected chi connectivity index (χ0v) is 28.4. The van der Waals surface area contributed by atoms with Gasteiger partial charge in [0.2, 0.25) is 0 Å². The van der Waals surface area contributed by atoms with Crippen LogP contribution < -0.4 is 0 Å². The van der Waals surface area contributed by atoms with Gasteiger partial charge < -0.3 is 13.3 Å². The van der Waals surface area contributed by atoms with Crippen molar-refractivity contribution in [1.82, 2.24) is 0 Å². The molecule has 0 N–H and O–H groups in total. The number of hydrogen-bond donors (Lipinski definition) is 0. The zero-order chi connectivity index (χ0) is 34.6. The summed E-state index contributed by atoms with van der Waals surface area (Å²) in [6, 6.07) is 60.1. The summed E-state index contributed by atoms with van der Waals surface area (Å²) in [5.41, 5.74) is 12.0. The topological polar surface area (TPSA) is 39.4 Å². The average molecular weight is 677 g/mol. The average Bonchev–Trinajstić information content (AvgIpc) is 3.90. The Labute approximate surface area is 302 Å². The molecule has 3 heterocycles. The Hall–Kier alpha value is -7.10. The molecule has 0 amide bonds. The lowest BCUT2D eigenvalue weighted by atomic mass is 9.84. The number of fused-ring (bicyclic) bond motifs is 11. The van der Waals surface area contributed by atoms with E-state index in [1.54, 1.807) is 0 Å². The van der Waals surface area contributed by atoms with Gasteiger partial charge in [0, 0.05) is 37.9 Å². The molecule has 3 aromatic heterocycles. The third-order valence-electron chi connectivity index (χ3n) is 11.1. The van der Waals surface area contributed by atoms with Crippen molar-refractivity contribution in [1.29, 1.82) is 0 Å². The second-order valence-corrected chi connectivity index (χ2v) is 13.9. The summed E-state index contributed by atoms with van der Waals surface area (Å²) in [4.78, 5) is 0. The predicted octanol–water partition coefficient (Wildman–Crippen LogP) is 14.7. The summed E-state index contributed by atoms with van der Waals surface area (Å²) in [5, 5.41) is 11.5. The molecule has 0 saturated carbocycles. The minimum atomic E-state index is 0.866. The van der Waals surface area contributed by atoms with E-state index in [4.69, 9.17) is 13.3 Å². The van der Waals surface area contributed by atoms with E-state index in [1.165, 1.54) is 32.7 Å². The van der Waals surface area contributed by atoms with Crippen LogP contribution >= 0.6 is 0 Å². The smallest absolute Gasteiger partial charge is 0.143 e. The van der Waals surface area contributed by atoms with Crippen LogP contribution in [0.5, 0.6) is 0 Å². The third kappa shape index (κ3) is 4.05. The summed E-state index contributed by atoms with van der Waals surface area (Å²) < 4.78 is 19.5. The van der Waals surface area contributed by atoms with Gasteiger partial charge in [-0.2, -0.15) is 0 Å². The highest BCUT2D eigenvalue weighted by atomic mass is 16.3. The third-order valence-corrected chi connectivity index (χ3v) is 11.1. The molecule has 0 bridgehead atoms. The molecule has 12 aromatic rings. The van der Waals surface area contributed by atoms with Gasteiger partial charge in [0.15, 0.2) is 0 Å². The van der Waals surface area contributed by atoms with Crippen LogP contribution in [0.3, 0.4) is 0 Å². The van der Waals surface area contributed by atoms with E-state index in [2.05, 4.69) is 140 Å². The molecule has 0 spiro atoms. The Kier molecular flexibility index (Phi) is 5.77. The van der Waals surface area contributed by atoms with Crippen molar-refractivity contribution in [2.24, 2.45) is 0 Å². The van der Waals surface area contributed by atoms with E-state index in [1.807, 2.05) is 30.3 Å². The van der Waals surface area contributed by atoms with E-state index in [0.29, 0.717) is 0 Å². The molecule has 9 aromatic carbocycles. The monoisotopic (exact) mass is 676 g/mol. The fraction of sp³-hybridized carbons (Fsp3) is 0. The van der Waals surface area contributed by atoms with Crippen LogP contribution in [0.15, 0.2) is 183 Å². The van der Waals surface area contributed by atoms with E-state index >= 15 is 0 Å². The summed E-state index contributed by atoms with van der Waals surface area (Å²) in [6.07, 6.45) is 0. The zero-order valence-electron chi connectivity index (χ0n) is 28.4. The van der Waals surface area contributed by atoms with Crippen molar-refractivity contribution in [3.8, 4) is 33.4 Å². The van der Waals surface area contributed by atoms with Gasteiger partial charge in [-0.3, -0.25) is 0 Å². The first-order valence-electron chi connectivity index (χ1n) is 18.0. The Morgan fingerprint density at radius 2 is 0.679 bits per heavy atom. The lowest BCUT2D eigenvalue weighted by molar-refractivity contribution is 0.668. The molecule has 246 valence electrons. The minimum absolute atomic E-state index is 0.866. The predicted molar refractivity (Wildman–Crippen MR) is 220 cm³/mol. The number of hydrogen-bond acceptors (Lipinski definition) is 3. The lowest BCUT2D eigenvalue weighted by Gasteiger charge is -2.18. The Morgan fingerprint density at radius 3 is 1.26 bits per heavy atom. The van der Waals surface area contributed by atoms with Crippen LogP contribution in [0.4, 0.5) is 0 Å². The summed E-state index contributed by atoms with van der Waals surface area (Å²) in [6.45, 7) is 0. The van der Waals surface area contributed by atoms with Gasteiger partial charge in [-0.05, 0) is 97.9 Å². The van der Waals surface area contributed by atoms with Crippen molar-refractivity contribution in [3.63, 3.8) is 0 Å². The lowest BCUT2D eigenvalue weighted by Crippen LogP contribution is -1.92. The van der Waals surface area contributed by atoms with Crippen molar-refractivity contribution in [2.75, 3.05) is 0 Å². The SMILES string of the molecule is c1ccc2c(c1)oc1cc(-c3c4ccccc4c(-c4ccc(-c5ccc6c(c5)oc5ccccc56)c5oc6ccccc6c45)c4ccccc34)ccc12. The maximum absolute atomic E-state index is 6.81. The van der Waals surface area contributed by atoms with E-state index < -0.39 is 0 Å². The number of furan rings is 3. The van der Waals surface area contributed by atoms with E-state index in [0.717, 1.165) is 88.1 Å². The normalized spacial score (nSPS) is 12.2. The first kappa shape index (κ1) is 28.6. The van der Waals surface area contributed by atoms with Crippen molar-refractivity contribution < 1.29 is 13.3 Å². The van der Waals surface area contributed by atoms with Crippen molar-refractivity contribution in [3.05, 3.63) is 170 Å². The van der Waals surface area contributed by atoms with Crippen LogP contribution in [-0.4, -0.2) is 0 Å². The van der Waals surface area contributed by atoms with Gasteiger partial charge in [-0.1, -0.05) is 121 Å². The van der Waals surface area contributed by atoms with Crippen molar-refractivity contribution in [2.45, 2.75) is 0 Å². The molecular weight excluding hydrogens is 649 g/mol.